The fraction of sp³-hybridized carbons (Fsp3) is 0.788. The molecule has 0 aromatic heterocycles. The van der Waals surface area contributed by atoms with Crippen LogP contribution in [0.5, 0.6) is 0 Å². The van der Waals surface area contributed by atoms with Crippen molar-refractivity contribution in [1.29, 1.82) is 5.26 Å². The number of ketones is 2. The Hall–Kier alpha value is -1.90. The van der Waals surface area contributed by atoms with E-state index in [-0.39, 0.29) is 41.6 Å². The first kappa shape index (κ1) is 32.5. The molecule has 0 amide bonds. The van der Waals surface area contributed by atoms with Gasteiger partial charge in [0.05, 0.1) is 12.2 Å². The number of rotatable bonds is 5. The van der Waals surface area contributed by atoms with Crippen LogP contribution in [0.3, 0.4) is 0 Å². The van der Waals surface area contributed by atoms with Crippen molar-refractivity contribution < 1.29 is 27.9 Å². The standard InChI is InChI=1S/C33H49N3O6S/c1-27(2)22-9-10-31(6)23(30(22,5)18-21(20-34)26(27)38)17-25(37)33(39)24-19-29(4,36(15-16-42-8)43(35,40)41)13-11-28(24,3)12-14-32(31,33)7/h17-18,22,24,39H,9-16,19H2,1-8H3,(H2,35,40,41)/t22-,24+,28+,29-,30-,31+,32-,33+/m0/s1. The third-order valence-electron chi connectivity index (χ3n) is 13.6. The molecule has 0 radical (unpaired) electrons. The average Bonchev–Trinajstić information content (AvgIpc) is 2.90. The molecule has 8 atom stereocenters. The summed E-state index contributed by atoms with van der Waals surface area (Å²) in [6.45, 7) is 14.3. The van der Waals surface area contributed by atoms with Gasteiger partial charge in [-0.05, 0) is 80.3 Å². The van der Waals surface area contributed by atoms with Crippen LogP contribution in [0.15, 0.2) is 23.3 Å². The molecular formula is C33H49N3O6S. The molecule has 5 rings (SSSR count). The first-order chi connectivity index (χ1) is 19.6. The number of fused-ring (bicyclic) bond motifs is 7. The minimum Gasteiger partial charge on any atom is -0.383 e. The molecule has 43 heavy (non-hydrogen) atoms. The molecule has 3 saturated carbocycles. The van der Waals surface area contributed by atoms with Crippen LogP contribution in [-0.2, 0) is 24.5 Å². The molecule has 0 saturated heterocycles. The van der Waals surface area contributed by atoms with E-state index in [0.717, 1.165) is 12.0 Å². The van der Waals surface area contributed by atoms with E-state index in [4.69, 9.17) is 9.88 Å². The molecule has 238 valence electrons. The Labute approximate surface area is 257 Å². The number of carbonyl (C=O) groups excluding carboxylic acids is 2. The predicted octanol–water partition coefficient (Wildman–Crippen LogP) is 4.23. The number of carbonyl (C=O) groups is 2. The molecule has 0 unspecified atom stereocenters. The fourth-order valence-electron chi connectivity index (χ4n) is 10.8. The number of ether oxygens (including phenoxy) is 1. The van der Waals surface area contributed by atoms with Crippen LogP contribution in [0.25, 0.3) is 0 Å². The largest absolute Gasteiger partial charge is 0.383 e. The Bertz CT molecular complexity index is 1480. The van der Waals surface area contributed by atoms with E-state index >= 15 is 0 Å². The summed E-state index contributed by atoms with van der Waals surface area (Å²) in [5, 5.41) is 28.7. The average molecular weight is 616 g/mol. The monoisotopic (exact) mass is 615 g/mol. The first-order valence-corrected chi connectivity index (χ1v) is 17.1. The molecule has 0 heterocycles. The van der Waals surface area contributed by atoms with Crippen LogP contribution in [0.1, 0.15) is 93.4 Å². The van der Waals surface area contributed by atoms with Gasteiger partial charge in [0.2, 0.25) is 0 Å². The molecule has 0 aromatic carbocycles. The van der Waals surface area contributed by atoms with Gasteiger partial charge in [-0.25, -0.2) is 5.14 Å². The molecule has 0 aliphatic heterocycles. The highest BCUT2D eigenvalue weighted by Crippen LogP contribution is 2.75. The van der Waals surface area contributed by atoms with Gasteiger partial charge in [-0.15, -0.1) is 0 Å². The number of nitrogens with two attached hydrogens (primary N) is 1. The van der Waals surface area contributed by atoms with Crippen LogP contribution in [-0.4, -0.2) is 60.8 Å². The summed E-state index contributed by atoms with van der Waals surface area (Å²) in [4.78, 5) is 27.9. The third-order valence-corrected chi connectivity index (χ3v) is 14.9. The van der Waals surface area contributed by atoms with Gasteiger partial charge in [-0.2, -0.15) is 18.0 Å². The van der Waals surface area contributed by atoms with Crippen molar-refractivity contribution in [3.05, 3.63) is 23.3 Å². The molecular weight excluding hydrogens is 566 g/mol. The Balaban J connectivity index is 1.68. The van der Waals surface area contributed by atoms with Gasteiger partial charge in [0.1, 0.15) is 11.7 Å². The highest BCUT2D eigenvalue weighted by molar-refractivity contribution is 7.86. The van der Waals surface area contributed by atoms with Gasteiger partial charge in [0.25, 0.3) is 10.2 Å². The summed E-state index contributed by atoms with van der Waals surface area (Å²) in [7, 11) is -2.58. The number of nitriles is 1. The fourth-order valence-corrected chi connectivity index (χ4v) is 12.0. The highest BCUT2D eigenvalue weighted by atomic mass is 32.2. The number of methoxy groups -OCH3 is 1. The number of nitrogens with zero attached hydrogens (tertiary/aromatic N) is 2. The molecule has 5 aliphatic rings. The Morgan fingerprint density at radius 3 is 2.26 bits per heavy atom. The van der Waals surface area contributed by atoms with Crippen molar-refractivity contribution >= 4 is 21.8 Å². The van der Waals surface area contributed by atoms with Gasteiger partial charge >= 0.3 is 0 Å². The zero-order valence-electron chi connectivity index (χ0n) is 27.0. The number of hydrogen-bond donors (Lipinski definition) is 2. The van der Waals surface area contributed by atoms with E-state index in [1.165, 1.54) is 11.4 Å². The summed E-state index contributed by atoms with van der Waals surface area (Å²) in [6.07, 6.45) is 7.77. The van der Waals surface area contributed by atoms with E-state index in [0.29, 0.717) is 38.5 Å². The van der Waals surface area contributed by atoms with Crippen molar-refractivity contribution in [2.24, 2.45) is 44.0 Å². The summed E-state index contributed by atoms with van der Waals surface area (Å²) in [5.41, 5.74) is -4.92. The van der Waals surface area contributed by atoms with E-state index in [2.05, 4.69) is 26.8 Å². The van der Waals surface area contributed by atoms with Crippen molar-refractivity contribution in [3.63, 3.8) is 0 Å². The van der Waals surface area contributed by atoms with Gasteiger partial charge in [-0.3, -0.25) is 9.59 Å². The van der Waals surface area contributed by atoms with Gasteiger partial charge in [0.15, 0.2) is 11.6 Å². The molecule has 5 aliphatic carbocycles. The van der Waals surface area contributed by atoms with E-state index in [9.17, 15) is 28.4 Å². The second-order valence-electron chi connectivity index (χ2n) is 16.0. The highest BCUT2D eigenvalue weighted by Gasteiger charge is 2.75. The van der Waals surface area contributed by atoms with E-state index in [1.54, 1.807) is 12.2 Å². The quantitative estimate of drug-likeness (QED) is 0.470. The lowest BCUT2D eigenvalue weighted by atomic mass is 9.33. The Morgan fingerprint density at radius 1 is 1.05 bits per heavy atom. The number of allylic oxidation sites excluding steroid dienone is 3. The third kappa shape index (κ3) is 4.04. The lowest BCUT2D eigenvalue weighted by molar-refractivity contribution is -0.242. The van der Waals surface area contributed by atoms with Crippen LogP contribution in [0.4, 0.5) is 0 Å². The lowest BCUT2D eigenvalue weighted by Crippen LogP contribution is -2.75. The first-order valence-electron chi connectivity index (χ1n) is 15.6. The van der Waals surface area contributed by atoms with Crippen LogP contribution >= 0.6 is 0 Å². The molecule has 3 N–H and O–H groups in total. The van der Waals surface area contributed by atoms with Crippen molar-refractivity contribution in [3.8, 4) is 6.07 Å². The second kappa shape index (κ2) is 9.56. The Kier molecular flexibility index (Phi) is 7.22. The normalized spacial score (nSPS) is 45.6. The van der Waals surface area contributed by atoms with Gasteiger partial charge in [-0.1, -0.05) is 47.6 Å². The minimum absolute atomic E-state index is 0.0858. The topological polar surface area (TPSA) is 151 Å². The number of aliphatic hydroxyl groups is 1. The van der Waals surface area contributed by atoms with Crippen molar-refractivity contribution in [2.45, 2.75) is 105 Å². The van der Waals surface area contributed by atoms with E-state index in [1.807, 2.05) is 27.7 Å². The van der Waals surface area contributed by atoms with Crippen molar-refractivity contribution in [2.75, 3.05) is 20.3 Å². The minimum atomic E-state index is -4.09. The molecule has 9 nitrogen and oxygen atoms in total. The SMILES string of the molecule is COCCN([C@@]1(C)CC[C@]2(C)CC[C@@]3(C)[C@]4(C)CC[C@H]5C(C)(C)C(=O)C(C#N)=C[C@]5(C)C4=CC(=O)[C@]3(O)[C@@H]2C1)S(N)(=O)=O. The zero-order valence-corrected chi connectivity index (χ0v) is 27.9. The van der Waals surface area contributed by atoms with Crippen LogP contribution in [0.2, 0.25) is 0 Å². The molecule has 10 heteroatoms. The molecule has 0 aromatic rings. The van der Waals surface area contributed by atoms with Crippen LogP contribution in [0, 0.1) is 50.2 Å². The maximum Gasteiger partial charge on any atom is 0.277 e. The lowest BCUT2D eigenvalue weighted by Gasteiger charge is -2.71. The second-order valence-corrected chi connectivity index (χ2v) is 17.4. The zero-order chi connectivity index (χ0) is 32.2. The molecule has 0 bridgehead atoms. The number of hydrogen-bond acceptors (Lipinski definition) is 7. The summed E-state index contributed by atoms with van der Waals surface area (Å²) in [6, 6.07) is 2.13. The van der Waals surface area contributed by atoms with Gasteiger partial charge < -0.3 is 9.84 Å². The maximum absolute atomic E-state index is 14.6. The van der Waals surface area contributed by atoms with Gasteiger partial charge in [0, 0.05) is 41.4 Å². The Morgan fingerprint density at radius 2 is 1.67 bits per heavy atom. The summed E-state index contributed by atoms with van der Waals surface area (Å²) >= 11 is 0. The smallest absolute Gasteiger partial charge is 0.277 e. The molecule has 3 fully saturated rings. The maximum atomic E-state index is 14.6. The summed E-state index contributed by atoms with van der Waals surface area (Å²) in [5.74, 6) is -1.12. The number of Topliss-reactive ketones (excluding diaryl/α,β-unsaturated/α-hetero) is 1. The molecule has 0 spiro atoms. The predicted molar refractivity (Wildman–Crippen MR) is 162 cm³/mol. The van der Waals surface area contributed by atoms with E-state index < -0.39 is 48.9 Å². The van der Waals surface area contributed by atoms with Crippen molar-refractivity contribution in [1.82, 2.24) is 4.31 Å². The van der Waals surface area contributed by atoms with Crippen LogP contribution < -0.4 is 5.14 Å². The summed E-state index contributed by atoms with van der Waals surface area (Å²) < 4.78 is 32.2.